The summed E-state index contributed by atoms with van der Waals surface area (Å²) in [7, 11) is 0. The highest BCUT2D eigenvalue weighted by molar-refractivity contribution is 5.91. The number of hydrogen-bond donors (Lipinski definition) is 3. The Morgan fingerprint density at radius 1 is 1.52 bits per heavy atom. The molecule has 1 amide bonds. The van der Waals surface area contributed by atoms with Gasteiger partial charge in [-0.25, -0.2) is 4.98 Å². The Kier molecular flexibility index (Phi) is 5.02. The average molecular weight is 290 g/mol. The Labute approximate surface area is 122 Å². The molecule has 0 aromatic carbocycles. The normalized spacial score (nSPS) is 13.7. The van der Waals surface area contributed by atoms with Gasteiger partial charge in [-0.3, -0.25) is 9.78 Å². The molecule has 2 aromatic rings. The maximum atomic E-state index is 11.9. The molecule has 112 valence electrons. The fourth-order valence-corrected chi connectivity index (χ4v) is 1.69. The first-order valence-corrected chi connectivity index (χ1v) is 6.65. The van der Waals surface area contributed by atoms with Crippen molar-refractivity contribution in [3.05, 3.63) is 47.9 Å². The Hall–Kier alpha value is -2.25. The minimum absolute atomic E-state index is 0.139. The van der Waals surface area contributed by atoms with Crippen molar-refractivity contribution in [1.29, 1.82) is 0 Å². The van der Waals surface area contributed by atoms with E-state index in [1.54, 1.807) is 6.20 Å². The quantitative estimate of drug-likeness (QED) is 0.710. The van der Waals surface area contributed by atoms with Crippen LogP contribution in [0.15, 0.2) is 35.1 Å². The molecular weight excluding hydrogens is 272 g/mol. The van der Waals surface area contributed by atoms with Crippen molar-refractivity contribution in [2.45, 2.75) is 25.5 Å². The number of hydrogen-bond acceptors (Lipinski definition) is 6. The fourth-order valence-electron chi connectivity index (χ4n) is 1.69. The third kappa shape index (κ3) is 4.11. The summed E-state index contributed by atoms with van der Waals surface area (Å²) in [5.41, 5.74) is 6.72. The molecule has 0 fully saturated rings. The van der Waals surface area contributed by atoms with Gasteiger partial charge in [0.05, 0.1) is 6.10 Å². The van der Waals surface area contributed by atoms with Crippen molar-refractivity contribution < 1.29 is 14.3 Å². The molecule has 2 aromatic heterocycles. The highest BCUT2D eigenvalue weighted by Gasteiger charge is 2.20. The Balaban J connectivity index is 1.86. The first-order valence-electron chi connectivity index (χ1n) is 6.65. The van der Waals surface area contributed by atoms with Crippen LogP contribution >= 0.6 is 0 Å². The molecule has 0 saturated heterocycles. The minimum Gasteiger partial charge on any atom is -0.446 e. The summed E-state index contributed by atoms with van der Waals surface area (Å²) >= 11 is 0. The molecule has 2 rings (SSSR count). The molecule has 0 radical (unpaired) electrons. The van der Waals surface area contributed by atoms with Crippen molar-refractivity contribution >= 4 is 5.91 Å². The van der Waals surface area contributed by atoms with Gasteiger partial charge in [-0.2, -0.15) is 0 Å². The topological polar surface area (TPSA) is 114 Å². The first kappa shape index (κ1) is 15.1. The van der Waals surface area contributed by atoms with Gasteiger partial charge >= 0.3 is 0 Å². The van der Waals surface area contributed by atoms with Gasteiger partial charge in [-0.15, -0.1) is 0 Å². The largest absolute Gasteiger partial charge is 0.446 e. The number of carbonyl (C=O) groups excluding carboxylic acids is 1. The van der Waals surface area contributed by atoms with E-state index in [0.29, 0.717) is 13.0 Å². The molecule has 2 unspecified atom stereocenters. The zero-order valence-electron chi connectivity index (χ0n) is 11.7. The summed E-state index contributed by atoms with van der Waals surface area (Å²) < 4.78 is 5.10. The summed E-state index contributed by atoms with van der Waals surface area (Å²) in [4.78, 5) is 20.0. The van der Waals surface area contributed by atoms with E-state index in [9.17, 15) is 9.90 Å². The number of rotatable bonds is 6. The number of aromatic nitrogens is 2. The van der Waals surface area contributed by atoms with Crippen molar-refractivity contribution in [2.24, 2.45) is 5.73 Å². The zero-order chi connectivity index (χ0) is 15.2. The number of aliphatic hydroxyl groups is 1. The van der Waals surface area contributed by atoms with Gasteiger partial charge in [0.1, 0.15) is 12.3 Å². The molecule has 7 heteroatoms. The third-order valence-corrected chi connectivity index (χ3v) is 2.95. The predicted molar refractivity (Wildman–Crippen MR) is 75.4 cm³/mol. The third-order valence-electron chi connectivity index (χ3n) is 2.95. The van der Waals surface area contributed by atoms with Gasteiger partial charge in [0.15, 0.2) is 5.69 Å². The molecule has 21 heavy (non-hydrogen) atoms. The Morgan fingerprint density at radius 2 is 2.33 bits per heavy atom. The lowest BCUT2D eigenvalue weighted by Crippen LogP contribution is -2.27. The molecule has 0 saturated carbocycles. The van der Waals surface area contributed by atoms with E-state index in [4.69, 9.17) is 10.2 Å². The van der Waals surface area contributed by atoms with Crippen LogP contribution in [0.3, 0.4) is 0 Å². The molecule has 7 nitrogen and oxygen atoms in total. The van der Waals surface area contributed by atoms with E-state index in [1.807, 2.05) is 18.2 Å². The van der Waals surface area contributed by atoms with Crippen LogP contribution in [0, 0.1) is 0 Å². The van der Waals surface area contributed by atoms with Crippen molar-refractivity contribution in [3.8, 4) is 0 Å². The maximum Gasteiger partial charge on any atom is 0.273 e. The molecule has 0 aliphatic heterocycles. The lowest BCUT2D eigenvalue weighted by Gasteiger charge is -2.09. The fraction of sp³-hybridized carbons (Fsp3) is 0.357. The second-order valence-electron chi connectivity index (χ2n) is 4.66. The van der Waals surface area contributed by atoms with Crippen molar-refractivity contribution in [2.75, 3.05) is 6.54 Å². The number of oxazole rings is 1. The summed E-state index contributed by atoms with van der Waals surface area (Å²) in [6.45, 7) is 1.97. The van der Waals surface area contributed by atoms with E-state index in [0.717, 1.165) is 5.69 Å². The highest BCUT2D eigenvalue weighted by Crippen LogP contribution is 2.13. The van der Waals surface area contributed by atoms with Crippen LogP contribution in [0.1, 0.15) is 35.0 Å². The molecule has 0 aliphatic rings. The second-order valence-corrected chi connectivity index (χ2v) is 4.66. The molecule has 2 heterocycles. The Bertz CT molecular complexity index is 583. The standard InChI is InChI=1S/C14H18N4O3/c1-9(19)12(15)14-18-11(8-21-14)13(20)17-7-5-10-4-2-3-6-16-10/h2-4,6,8-9,12,19H,5,7,15H2,1H3,(H,17,20). The van der Waals surface area contributed by atoms with Crippen LogP contribution in [0.2, 0.25) is 0 Å². The van der Waals surface area contributed by atoms with Crippen LogP contribution in [-0.4, -0.2) is 33.6 Å². The number of amides is 1. The molecule has 0 bridgehead atoms. The number of nitrogens with one attached hydrogen (secondary N) is 1. The summed E-state index contributed by atoms with van der Waals surface area (Å²) in [6.07, 6.45) is 2.76. The molecule has 0 spiro atoms. The van der Waals surface area contributed by atoms with E-state index < -0.39 is 12.1 Å². The van der Waals surface area contributed by atoms with Crippen molar-refractivity contribution in [1.82, 2.24) is 15.3 Å². The van der Waals surface area contributed by atoms with Crippen LogP contribution < -0.4 is 11.1 Å². The van der Waals surface area contributed by atoms with Crippen LogP contribution in [0.4, 0.5) is 0 Å². The first-order chi connectivity index (χ1) is 10.1. The van der Waals surface area contributed by atoms with Crippen LogP contribution in [0.5, 0.6) is 0 Å². The molecule has 0 aliphatic carbocycles. The van der Waals surface area contributed by atoms with E-state index in [2.05, 4.69) is 15.3 Å². The van der Waals surface area contributed by atoms with Gasteiger partial charge in [-0.1, -0.05) is 6.07 Å². The number of nitrogens with zero attached hydrogens (tertiary/aromatic N) is 2. The van der Waals surface area contributed by atoms with Gasteiger partial charge in [0, 0.05) is 24.9 Å². The van der Waals surface area contributed by atoms with Gasteiger partial charge < -0.3 is 20.6 Å². The molecular formula is C14H18N4O3. The lowest BCUT2D eigenvalue weighted by molar-refractivity contribution is 0.0948. The minimum atomic E-state index is -0.802. The molecule has 4 N–H and O–H groups in total. The Morgan fingerprint density at radius 3 is 3.00 bits per heavy atom. The lowest BCUT2D eigenvalue weighted by atomic mass is 10.2. The average Bonchev–Trinajstić information content (AvgIpc) is 2.97. The number of aliphatic hydroxyl groups excluding tert-OH is 1. The number of pyridine rings is 1. The monoisotopic (exact) mass is 290 g/mol. The van der Waals surface area contributed by atoms with E-state index >= 15 is 0 Å². The van der Waals surface area contributed by atoms with Crippen LogP contribution in [0.25, 0.3) is 0 Å². The van der Waals surface area contributed by atoms with Gasteiger partial charge in [-0.05, 0) is 19.1 Å². The number of carbonyl (C=O) groups is 1. The van der Waals surface area contributed by atoms with E-state index in [-0.39, 0.29) is 17.5 Å². The maximum absolute atomic E-state index is 11.9. The van der Waals surface area contributed by atoms with Crippen molar-refractivity contribution in [3.63, 3.8) is 0 Å². The predicted octanol–water partition coefficient (Wildman–Crippen LogP) is 0.423. The number of nitrogens with two attached hydrogens (primary N) is 1. The second kappa shape index (κ2) is 6.96. The highest BCUT2D eigenvalue weighted by atomic mass is 16.3. The smallest absolute Gasteiger partial charge is 0.273 e. The summed E-state index contributed by atoms with van der Waals surface area (Å²) in [6, 6.07) is 4.87. The summed E-state index contributed by atoms with van der Waals surface area (Å²) in [5, 5.41) is 12.1. The van der Waals surface area contributed by atoms with Gasteiger partial charge in [0.25, 0.3) is 5.91 Å². The van der Waals surface area contributed by atoms with Gasteiger partial charge in [0.2, 0.25) is 5.89 Å². The zero-order valence-corrected chi connectivity index (χ0v) is 11.7. The molecule has 2 atom stereocenters. The SMILES string of the molecule is CC(O)C(N)c1nc(C(=O)NCCc2ccccn2)co1. The summed E-state index contributed by atoms with van der Waals surface area (Å²) in [5.74, 6) is -0.210. The van der Waals surface area contributed by atoms with Crippen LogP contribution in [-0.2, 0) is 6.42 Å². The van der Waals surface area contributed by atoms with E-state index in [1.165, 1.54) is 13.2 Å².